The van der Waals surface area contributed by atoms with Gasteiger partial charge in [0, 0.05) is 22.5 Å². The zero-order chi connectivity index (χ0) is 22.1. The standard InChI is InChI=1S/C25H30ClN3O3/c1-24(14-32-13-21(24)30)29-6-2-15(3-7-29)18-8-16-10-22(27-12-17(16)9-20(18)26)28-23(31)19-11-25(19)4-5-25/h8-10,12,15,19,21,30H,2-7,11,13-14H2,1H3,(H,27,28,31). The molecule has 6 nitrogen and oxygen atoms in total. The van der Waals surface area contributed by atoms with Crippen LogP contribution in [0.15, 0.2) is 24.4 Å². The number of hydrogen-bond donors (Lipinski definition) is 2. The van der Waals surface area contributed by atoms with Crippen LogP contribution in [0.4, 0.5) is 5.82 Å². The third-order valence-corrected chi connectivity index (χ3v) is 8.86. The molecule has 2 saturated heterocycles. The molecule has 3 heterocycles. The Balaban J connectivity index is 1.18. The summed E-state index contributed by atoms with van der Waals surface area (Å²) < 4.78 is 5.53. The minimum absolute atomic E-state index is 0.113. The van der Waals surface area contributed by atoms with Crippen molar-refractivity contribution >= 4 is 34.1 Å². The lowest BCUT2D eigenvalue weighted by Gasteiger charge is -2.43. The van der Waals surface area contributed by atoms with E-state index in [-0.39, 0.29) is 17.4 Å². The minimum atomic E-state index is -0.435. The number of ether oxygens (including phenoxy) is 1. The fourth-order valence-corrected chi connectivity index (χ4v) is 6.19. The molecule has 3 atom stereocenters. The molecular formula is C25H30ClN3O3. The second-order valence-electron chi connectivity index (χ2n) is 10.5. The Kier molecular flexibility index (Phi) is 4.81. The number of amides is 1. The zero-order valence-corrected chi connectivity index (χ0v) is 19.2. The molecule has 1 aromatic carbocycles. The number of nitrogens with zero attached hydrogens (tertiary/aromatic N) is 2. The zero-order valence-electron chi connectivity index (χ0n) is 18.4. The van der Waals surface area contributed by atoms with Crippen molar-refractivity contribution in [3.05, 3.63) is 35.0 Å². The molecule has 1 aromatic heterocycles. The Morgan fingerprint density at radius 3 is 2.69 bits per heavy atom. The first-order chi connectivity index (χ1) is 15.4. The quantitative estimate of drug-likeness (QED) is 0.730. The molecule has 1 spiro atoms. The molecule has 2 aliphatic heterocycles. The van der Waals surface area contributed by atoms with E-state index >= 15 is 0 Å². The highest BCUT2D eigenvalue weighted by atomic mass is 35.5. The van der Waals surface area contributed by atoms with Crippen LogP contribution >= 0.6 is 11.6 Å². The summed E-state index contributed by atoms with van der Waals surface area (Å²) in [6.45, 7) is 4.93. The van der Waals surface area contributed by atoms with Crippen LogP contribution in [0.2, 0.25) is 5.02 Å². The molecule has 2 N–H and O–H groups in total. The number of aliphatic hydroxyl groups excluding tert-OH is 1. The van der Waals surface area contributed by atoms with Crippen LogP contribution in [0.1, 0.15) is 50.5 Å². The van der Waals surface area contributed by atoms with Crippen molar-refractivity contribution in [3.8, 4) is 0 Å². The molecule has 32 heavy (non-hydrogen) atoms. The van der Waals surface area contributed by atoms with Gasteiger partial charge in [-0.15, -0.1) is 0 Å². The van der Waals surface area contributed by atoms with Gasteiger partial charge in [0.25, 0.3) is 0 Å². The van der Waals surface area contributed by atoms with Gasteiger partial charge in [0.1, 0.15) is 5.82 Å². The first kappa shape index (κ1) is 20.8. The largest absolute Gasteiger partial charge is 0.389 e. The normalized spacial score (nSPS) is 31.8. The average molecular weight is 456 g/mol. The Morgan fingerprint density at radius 2 is 2.03 bits per heavy atom. The van der Waals surface area contributed by atoms with Crippen LogP contribution in [-0.4, -0.2) is 58.8 Å². The summed E-state index contributed by atoms with van der Waals surface area (Å²) in [6.07, 6.45) is 6.77. The number of carbonyl (C=O) groups is 1. The number of piperidine rings is 1. The second-order valence-corrected chi connectivity index (χ2v) is 11.0. The summed E-state index contributed by atoms with van der Waals surface area (Å²) in [6, 6.07) is 6.13. The van der Waals surface area contributed by atoms with Gasteiger partial charge in [0.15, 0.2) is 0 Å². The number of fused-ring (bicyclic) bond motifs is 1. The molecule has 3 unspecified atom stereocenters. The number of carbonyl (C=O) groups excluding carboxylic acids is 1. The molecule has 7 heteroatoms. The van der Waals surface area contributed by atoms with Crippen molar-refractivity contribution < 1.29 is 14.6 Å². The van der Waals surface area contributed by atoms with Gasteiger partial charge in [-0.25, -0.2) is 4.98 Å². The number of hydrogen-bond acceptors (Lipinski definition) is 5. The highest BCUT2D eigenvalue weighted by Gasteiger charge is 2.65. The first-order valence-corrected chi connectivity index (χ1v) is 12.2. The Bertz CT molecular complexity index is 1080. The number of benzene rings is 1. The smallest absolute Gasteiger partial charge is 0.229 e. The van der Waals surface area contributed by atoms with Crippen LogP contribution in [0, 0.1) is 11.3 Å². The van der Waals surface area contributed by atoms with Gasteiger partial charge in [-0.1, -0.05) is 11.6 Å². The van der Waals surface area contributed by atoms with Gasteiger partial charge < -0.3 is 15.2 Å². The van der Waals surface area contributed by atoms with Crippen LogP contribution in [0.25, 0.3) is 10.8 Å². The lowest BCUT2D eigenvalue weighted by atomic mass is 9.85. The predicted molar refractivity (Wildman–Crippen MR) is 124 cm³/mol. The number of aliphatic hydroxyl groups is 1. The number of halogens is 1. The minimum Gasteiger partial charge on any atom is -0.389 e. The fourth-order valence-electron chi connectivity index (χ4n) is 5.87. The maximum atomic E-state index is 12.5. The summed E-state index contributed by atoms with van der Waals surface area (Å²) in [7, 11) is 0. The summed E-state index contributed by atoms with van der Waals surface area (Å²) in [5.74, 6) is 1.29. The number of aromatic nitrogens is 1. The van der Waals surface area contributed by atoms with Crippen LogP contribution in [0.3, 0.4) is 0 Å². The van der Waals surface area contributed by atoms with Crippen LogP contribution < -0.4 is 5.32 Å². The summed E-state index contributed by atoms with van der Waals surface area (Å²) in [5, 5.41) is 16.2. The van der Waals surface area contributed by atoms with Crippen molar-refractivity contribution in [3.63, 3.8) is 0 Å². The molecule has 2 saturated carbocycles. The van der Waals surface area contributed by atoms with Crippen molar-refractivity contribution in [1.29, 1.82) is 0 Å². The number of rotatable bonds is 4. The summed E-state index contributed by atoms with van der Waals surface area (Å²) in [4.78, 5) is 19.3. The van der Waals surface area contributed by atoms with E-state index in [0.717, 1.165) is 53.7 Å². The number of pyridine rings is 1. The average Bonchev–Trinajstić information content (AvgIpc) is 3.70. The maximum absolute atomic E-state index is 12.5. The van der Waals surface area contributed by atoms with E-state index in [0.29, 0.717) is 30.4 Å². The fraction of sp³-hybridized carbons (Fsp3) is 0.600. The van der Waals surface area contributed by atoms with E-state index in [1.165, 1.54) is 12.8 Å². The molecule has 170 valence electrons. The molecule has 4 aliphatic rings. The lowest BCUT2D eigenvalue weighted by Crippen LogP contribution is -2.56. The molecule has 1 amide bonds. The molecule has 0 bridgehead atoms. The molecule has 4 fully saturated rings. The van der Waals surface area contributed by atoms with Crippen molar-refractivity contribution in [2.24, 2.45) is 11.3 Å². The second kappa shape index (κ2) is 7.39. The number of anilines is 1. The third kappa shape index (κ3) is 3.43. The first-order valence-electron chi connectivity index (χ1n) is 11.8. The van der Waals surface area contributed by atoms with Gasteiger partial charge in [-0.05, 0) is 92.6 Å². The molecule has 2 aromatic rings. The van der Waals surface area contributed by atoms with E-state index in [4.69, 9.17) is 16.3 Å². The predicted octanol–water partition coefficient (Wildman–Crippen LogP) is 3.96. The number of nitrogens with one attached hydrogen (secondary N) is 1. The lowest BCUT2D eigenvalue weighted by molar-refractivity contribution is -0.117. The van der Waals surface area contributed by atoms with E-state index < -0.39 is 6.10 Å². The topological polar surface area (TPSA) is 74.7 Å². The summed E-state index contributed by atoms with van der Waals surface area (Å²) >= 11 is 6.69. The van der Waals surface area contributed by atoms with Crippen LogP contribution in [0.5, 0.6) is 0 Å². The molecule has 0 radical (unpaired) electrons. The Labute approximate surface area is 193 Å². The van der Waals surface area contributed by atoms with Crippen molar-refractivity contribution in [2.75, 3.05) is 31.6 Å². The van der Waals surface area contributed by atoms with Gasteiger partial charge in [0.2, 0.25) is 5.91 Å². The van der Waals surface area contributed by atoms with Crippen molar-refractivity contribution in [2.45, 2.75) is 56.6 Å². The van der Waals surface area contributed by atoms with E-state index in [9.17, 15) is 9.90 Å². The Morgan fingerprint density at radius 1 is 1.25 bits per heavy atom. The highest BCUT2D eigenvalue weighted by Crippen LogP contribution is 2.70. The maximum Gasteiger partial charge on any atom is 0.229 e. The van der Waals surface area contributed by atoms with E-state index in [2.05, 4.69) is 28.2 Å². The van der Waals surface area contributed by atoms with Gasteiger partial charge in [0.05, 0.1) is 24.9 Å². The molecular weight excluding hydrogens is 426 g/mol. The number of likely N-dealkylation sites (tertiary alicyclic amines) is 1. The van der Waals surface area contributed by atoms with Crippen molar-refractivity contribution in [1.82, 2.24) is 9.88 Å². The van der Waals surface area contributed by atoms with Gasteiger partial charge in [-0.2, -0.15) is 0 Å². The van der Waals surface area contributed by atoms with E-state index in [1.54, 1.807) is 6.20 Å². The monoisotopic (exact) mass is 455 g/mol. The van der Waals surface area contributed by atoms with Gasteiger partial charge >= 0.3 is 0 Å². The summed E-state index contributed by atoms with van der Waals surface area (Å²) in [5.41, 5.74) is 1.21. The molecule has 6 rings (SSSR count). The van der Waals surface area contributed by atoms with E-state index in [1.807, 2.05) is 12.1 Å². The van der Waals surface area contributed by atoms with Crippen LogP contribution in [-0.2, 0) is 9.53 Å². The molecule has 2 aliphatic carbocycles. The Hall–Kier alpha value is -1.73. The third-order valence-electron chi connectivity index (χ3n) is 8.53. The highest BCUT2D eigenvalue weighted by molar-refractivity contribution is 6.32. The SMILES string of the molecule is CC1(N2CCC(c3cc4cc(NC(=O)C5CC56CC6)ncc4cc3Cl)CC2)COCC1O. The van der Waals surface area contributed by atoms with Gasteiger partial charge in [-0.3, -0.25) is 9.69 Å².